The lowest BCUT2D eigenvalue weighted by molar-refractivity contribution is 0.0922. The molecule has 127 valence electrons. The summed E-state index contributed by atoms with van der Waals surface area (Å²) in [7, 11) is 1.57. The Balaban J connectivity index is 1.92. The molecule has 0 bridgehead atoms. The zero-order valence-electron chi connectivity index (χ0n) is 13.1. The first-order valence-electron chi connectivity index (χ1n) is 7.21. The van der Waals surface area contributed by atoms with Gasteiger partial charge < -0.3 is 14.8 Å². The number of hydrogen-bond donors (Lipinski definition) is 1. The van der Waals surface area contributed by atoms with Crippen molar-refractivity contribution in [3.63, 3.8) is 0 Å². The lowest BCUT2D eigenvalue weighted by atomic mass is 10.1. The first kappa shape index (κ1) is 18.4. The predicted octanol–water partition coefficient (Wildman–Crippen LogP) is 3.80. The van der Waals surface area contributed by atoms with Crippen LogP contribution in [0.4, 0.5) is 0 Å². The molecule has 0 aliphatic heterocycles. The number of nitrogens with zero attached hydrogens (tertiary/aromatic N) is 1. The fourth-order valence-electron chi connectivity index (χ4n) is 1.89. The number of halogens is 2. The maximum Gasteiger partial charge on any atom is 0.251 e. The third-order valence-corrected chi connectivity index (χ3v) is 3.94. The second-order valence-corrected chi connectivity index (χ2v) is 5.71. The van der Waals surface area contributed by atoms with Gasteiger partial charge >= 0.3 is 0 Å². The van der Waals surface area contributed by atoms with Crippen LogP contribution in [0.15, 0.2) is 36.5 Å². The van der Waals surface area contributed by atoms with Crippen LogP contribution < -0.4 is 14.8 Å². The minimum atomic E-state index is -0.256. The molecule has 0 fully saturated rings. The lowest BCUT2D eigenvalue weighted by Crippen LogP contribution is -2.38. The molecule has 1 amide bonds. The minimum Gasteiger partial charge on any atom is -0.497 e. The highest BCUT2D eigenvalue weighted by Crippen LogP contribution is 2.23. The van der Waals surface area contributed by atoms with Crippen LogP contribution in [-0.2, 0) is 0 Å². The number of carbonyl (C=O) groups excluding carboxylic acids is 1. The normalized spacial score (nSPS) is 11.7. The number of nitrogens with one attached hydrogen (secondary N) is 1. The van der Waals surface area contributed by atoms with Gasteiger partial charge in [0.05, 0.1) is 24.4 Å². The van der Waals surface area contributed by atoms with E-state index in [4.69, 9.17) is 32.7 Å². The molecule has 0 aliphatic carbocycles. The molecule has 1 radical (unpaired) electrons. The lowest BCUT2D eigenvalue weighted by Gasteiger charge is -2.18. The maximum absolute atomic E-state index is 12.2. The van der Waals surface area contributed by atoms with Gasteiger partial charge in [-0.15, -0.1) is 0 Å². The van der Waals surface area contributed by atoms with Gasteiger partial charge in [0.25, 0.3) is 5.91 Å². The SMILES string of the molecule is [CH2]CC(COc1cnc(Cl)c(Cl)c1)NC(=O)c1ccc(OC)cc1. The van der Waals surface area contributed by atoms with Crippen LogP contribution in [0.25, 0.3) is 0 Å². The number of rotatable bonds is 7. The molecule has 0 saturated carbocycles. The van der Waals surface area contributed by atoms with Gasteiger partial charge in [-0.3, -0.25) is 4.79 Å². The van der Waals surface area contributed by atoms with Crippen LogP contribution in [0.1, 0.15) is 16.8 Å². The van der Waals surface area contributed by atoms with Gasteiger partial charge in [-0.05, 0) is 30.7 Å². The number of pyridine rings is 1. The summed E-state index contributed by atoms with van der Waals surface area (Å²) in [5.74, 6) is 0.958. The topological polar surface area (TPSA) is 60.5 Å². The summed E-state index contributed by atoms with van der Waals surface area (Å²) in [6, 6.07) is 8.16. The Morgan fingerprint density at radius 1 is 1.29 bits per heavy atom. The van der Waals surface area contributed by atoms with Crippen LogP contribution in [0.2, 0.25) is 10.2 Å². The Hall–Kier alpha value is -1.98. The van der Waals surface area contributed by atoms with E-state index < -0.39 is 0 Å². The summed E-state index contributed by atoms with van der Waals surface area (Å²) in [5.41, 5.74) is 0.533. The molecule has 0 aliphatic rings. The van der Waals surface area contributed by atoms with Crippen molar-refractivity contribution in [3.05, 3.63) is 59.2 Å². The van der Waals surface area contributed by atoms with Crippen LogP contribution in [0.5, 0.6) is 11.5 Å². The number of methoxy groups -OCH3 is 1. The second-order valence-electron chi connectivity index (χ2n) is 4.94. The van der Waals surface area contributed by atoms with Crippen LogP contribution in [0.3, 0.4) is 0 Å². The van der Waals surface area contributed by atoms with Crippen LogP contribution in [-0.4, -0.2) is 30.6 Å². The zero-order chi connectivity index (χ0) is 17.5. The van der Waals surface area contributed by atoms with Crippen molar-refractivity contribution in [2.24, 2.45) is 0 Å². The summed E-state index contributed by atoms with van der Waals surface area (Å²) in [6.07, 6.45) is 1.94. The molecule has 0 spiro atoms. The molecular formula is C17H17Cl2N2O3. The number of carbonyl (C=O) groups is 1. The highest BCUT2D eigenvalue weighted by molar-refractivity contribution is 6.41. The van der Waals surface area contributed by atoms with E-state index in [1.807, 2.05) is 0 Å². The molecular weight excluding hydrogens is 351 g/mol. The van der Waals surface area contributed by atoms with Gasteiger partial charge in [-0.2, -0.15) is 0 Å². The van der Waals surface area contributed by atoms with Crippen molar-refractivity contribution in [1.29, 1.82) is 0 Å². The number of ether oxygens (including phenoxy) is 2. The summed E-state index contributed by atoms with van der Waals surface area (Å²) in [4.78, 5) is 16.1. The third-order valence-electron chi connectivity index (χ3n) is 3.26. The number of benzene rings is 1. The Labute approximate surface area is 150 Å². The van der Waals surface area contributed by atoms with Crippen molar-refractivity contribution in [2.45, 2.75) is 12.5 Å². The van der Waals surface area contributed by atoms with Crippen LogP contribution in [0, 0.1) is 6.92 Å². The van der Waals surface area contributed by atoms with E-state index in [0.29, 0.717) is 28.5 Å². The van der Waals surface area contributed by atoms with Gasteiger partial charge in [0, 0.05) is 11.6 Å². The molecule has 1 aromatic carbocycles. The van der Waals surface area contributed by atoms with Crippen molar-refractivity contribution < 1.29 is 14.3 Å². The first-order valence-corrected chi connectivity index (χ1v) is 7.97. The molecule has 1 N–H and O–H groups in total. The fourth-order valence-corrected chi connectivity index (χ4v) is 2.15. The van der Waals surface area contributed by atoms with Gasteiger partial charge in [0.2, 0.25) is 0 Å². The summed E-state index contributed by atoms with van der Waals surface area (Å²) in [6.45, 7) is 4.07. The molecule has 24 heavy (non-hydrogen) atoms. The van der Waals surface area contributed by atoms with Gasteiger partial charge in [-0.1, -0.05) is 30.1 Å². The van der Waals surface area contributed by atoms with Gasteiger partial charge in [0.1, 0.15) is 23.3 Å². The van der Waals surface area contributed by atoms with Crippen molar-refractivity contribution in [2.75, 3.05) is 13.7 Å². The van der Waals surface area contributed by atoms with E-state index in [1.54, 1.807) is 37.4 Å². The standard InChI is InChI=1S/C17H17Cl2N2O3/c1-3-12(10-24-14-8-15(18)16(19)20-9-14)21-17(22)11-4-6-13(23-2)7-5-11/h4-9,12H,1,3,10H2,2H3,(H,21,22). The third kappa shape index (κ3) is 5.01. The predicted molar refractivity (Wildman–Crippen MR) is 94.0 cm³/mol. The number of amides is 1. The summed E-state index contributed by atoms with van der Waals surface area (Å²) >= 11 is 11.6. The van der Waals surface area contributed by atoms with E-state index in [-0.39, 0.29) is 23.7 Å². The molecule has 1 unspecified atom stereocenters. The second kappa shape index (κ2) is 8.76. The molecule has 2 rings (SSSR count). The molecule has 2 aromatic rings. The number of aromatic nitrogens is 1. The monoisotopic (exact) mass is 367 g/mol. The first-order chi connectivity index (χ1) is 11.5. The highest BCUT2D eigenvalue weighted by atomic mass is 35.5. The van der Waals surface area contributed by atoms with E-state index in [1.165, 1.54) is 6.20 Å². The fraction of sp³-hybridized carbons (Fsp3) is 0.235. The van der Waals surface area contributed by atoms with Crippen LogP contribution >= 0.6 is 23.2 Å². The van der Waals surface area contributed by atoms with Crippen molar-refractivity contribution in [3.8, 4) is 11.5 Å². The van der Waals surface area contributed by atoms with E-state index in [9.17, 15) is 4.79 Å². The summed E-state index contributed by atoms with van der Waals surface area (Å²) in [5, 5.41) is 3.39. The Bertz CT molecular complexity index is 693. The molecule has 1 heterocycles. The smallest absolute Gasteiger partial charge is 0.251 e. The number of hydrogen-bond acceptors (Lipinski definition) is 4. The zero-order valence-corrected chi connectivity index (χ0v) is 14.6. The average molecular weight is 368 g/mol. The molecule has 7 heteroatoms. The molecule has 5 nitrogen and oxygen atoms in total. The van der Waals surface area contributed by atoms with E-state index in [0.717, 1.165) is 0 Å². The average Bonchev–Trinajstić information content (AvgIpc) is 2.61. The van der Waals surface area contributed by atoms with Gasteiger partial charge in [-0.25, -0.2) is 4.98 Å². The van der Waals surface area contributed by atoms with Gasteiger partial charge in [0.15, 0.2) is 0 Å². The Kier molecular flexibility index (Phi) is 6.70. The molecule has 1 atom stereocenters. The maximum atomic E-state index is 12.2. The Morgan fingerprint density at radius 3 is 2.58 bits per heavy atom. The van der Waals surface area contributed by atoms with Crippen molar-refractivity contribution >= 4 is 29.1 Å². The van der Waals surface area contributed by atoms with Crippen molar-refractivity contribution in [1.82, 2.24) is 10.3 Å². The van der Waals surface area contributed by atoms with E-state index in [2.05, 4.69) is 17.2 Å². The highest BCUT2D eigenvalue weighted by Gasteiger charge is 2.13. The van der Waals surface area contributed by atoms with E-state index >= 15 is 0 Å². The Morgan fingerprint density at radius 2 is 2.00 bits per heavy atom. The summed E-state index contributed by atoms with van der Waals surface area (Å²) < 4.78 is 10.7. The largest absolute Gasteiger partial charge is 0.497 e. The molecule has 0 saturated heterocycles. The quantitative estimate of drug-likeness (QED) is 0.756. The molecule has 1 aromatic heterocycles. The minimum absolute atomic E-state index is 0.206.